The van der Waals surface area contributed by atoms with E-state index >= 15 is 0 Å². The molecule has 0 radical (unpaired) electrons. The van der Waals surface area contributed by atoms with Gasteiger partial charge in [-0.15, -0.1) is 0 Å². The van der Waals surface area contributed by atoms with Crippen molar-refractivity contribution in [2.24, 2.45) is 0 Å². The van der Waals surface area contributed by atoms with Gasteiger partial charge in [0.05, 0.1) is 24.1 Å². The Morgan fingerprint density at radius 2 is 1.89 bits per heavy atom. The first kappa shape index (κ1) is 25.5. The van der Waals surface area contributed by atoms with Gasteiger partial charge < -0.3 is 20.2 Å². The predicted molar refractivity (Wildman–Crippen MR) is 138 cm³/mol. The lowest BCUT2D eigenvalue weighted by molar-refractivity contribution is 0.251. The van der Waals surface area contributed by atoms with Crippen LogP contribution in [0, 0.1) is 0 Å². The second-order valence-corrected chi connectivity index (χ2v) is 10.9. The minimum Gasteiger partial charge on any atom is -0.395 e. The second kappa shape index (κ2) is 11.4. The number of sulfonamides is 1. The Balaban J connectivity index is 1.51. The average molecular weight is 520 g/mol. The van der Waals surface area contributed by atoms with E-state index in [-0.39, 0.29) is 32.0 Å². The number of benzene rings is 1. The van der Waals surface area contributed by atoms with Crippen molar-refractivity contribution in [3.63, 3.8) is 0 Å². The summed E-state index contributed by atoms with van der Waals surface area (Å²) in [6.07, 6.45) is 1.60. The van der Waals surface area contributed by atoms with Crippen LogP contribution < -0.4 is 10.2 Å². The van der Waals surface area contributed by atoms with E-state index in [9.17, 15) is 13.5 Å². The molecule has 2 N–H and O–H groups in total. The molecule has 10 nitrogen and oxygen atoms in total. The summed E-state index contributed by atoms with van der Waals surface area (Å²) in [6.45, 7) is 3.52. The minimum atomic E-state index is -3.64. The summed E-state index contributed by atoms with van der Waals surface area (Å²) in [6, 6.07) is 11.0. The van der Waals surface area contributed by atoms with Gasteiger partial charge in [0.25, 0.3) is 0 Å². The zero-order chi connectivity index (χ0) is 24.8. The molecule has 4 rings (SSSR count). The summed E-state index contributed by atoms with van der Waals surface area (Å²) in [7, 11) is -1.56. The van der Waals surface area contributed by atoms with E-state index in [1.807, 2.05) is 30.3 Å². The number of hydrogen-bond donors (Lipinski definition) is 2. The summed E-state index contributed by atoms with van der Waals surface area (Å²) in [5, 5.41) is 13.6. The van der Waals surface area contributed by atoms with E-state index in [0.29, 0.717) is 27.8 Å². The number of anilines is 2. The normalized spacial score (nSPS) is 15.1. The molecule has 1 aliphatic heterocycles. The predicted octanol–water partition coefficient (Wildman–Crippen LogP) is 1.67. The van der Waals surface area contributed by atoms with Crippen molar-refractivity contribution in [1.29, 1.82) is 0 Å². The van der Waals surface area contributed by atoms with Crippen molar-refractivity contribution >= 4 is 44.3 Å². The number of aromatic nitrogens is 3. The second-order valence-electron chi connectivity index (χ2n) is 8.47. The van der Waals surface area contributed by atoms with Crippen molar-refractivity contribution < 1.29 is 13.5 Å². The zero-order valence-corrected chi connectivity index (χ0v) is 21.2. The van der Waals surface area contributed by atoms with Crippen LogP contribution in [-0.4, -0.2) is 96.4 Å². The Morgan fingerprint density at radius 1 is 1.14 bits per heavy atom. The summed E-state index contributed by atoms with van der Waals surface area (Å²) < 4.78 is 27.5. The number of piperazine rings is 1. The Kier molecular flexibility index (Phi) is 8.34. The molecule has 0 bridgehead atoms. The van der Waals surface area contributed by atoms with Crippen LogP contribution in [-0.2, 0) is 16.6 Å². The van der Waals surface area contributed by atoms with Crippen molar-refractivity contribution in [1.82, 2.24) is 24.2 Å². The summed E-state index contributed by atoms with van der Waals surface area (Å²) in [5.41, 5.74) is 1.49. The van der Waals surface area contributed by atoms with E-state index in [1.54, 1.807) is 12.3 Å². The van der Waals surface area contributed by atoms with E-state index < -0.39 is 10.0 Å². The summed E-state index contributed by atoms with van der Waals surface area (Å²) in [4.78, 5) is 17.9. The zero-order valence-electron chi connectivity index (χ0n) is 19.6. The average Bonchev–Trinajstić information content (AvgIpc) is 2.85. The van der Waals surface area contributed by atoms with Gasteiger partial charge in [-0.2, -0.15) is 9.29 Å². The molecule has 0 saturated carbocycles. The fraction of sp³-hybridized carbons (Fsp3) is 0.435. The summed E-state index contributed by atoms with van der Waals surface area (Å²) >= 11 is 6.12. The van der Waals surface area contributed by atoms with Crippen LogP contribution in [0.3, 0.4) is 0 Å². The molecule has 35 heavy (non-hydrogen) atoms. The Bertz CT molecular complexity index is 1240. The van der Waals surface area contributed by atoms with Gasteiger partial charge in [-0.1, -0.05) is 41.9 Å². The van der Waals surface area contributed by atoms with Gasteiger partial charge in [0, 0.05) is 51.2 Å². The third kappa shape index (κ3) is 6.56. The Hall–Kier alpha value is -2.57. The number of hydrogen-bond acceptors (Lipinski definition) is 9. The molecule has 0 atom stereocenters. The lowest BCUT2D eigenvalue weighted by Crippen LogP contribution is -2.45. The Morgan fingerprint density at radius 3 is 2.60 bits per heavy atom. The molecule has 1 aliphatic rings. The first-order valence-corrected chi connectivity index (χ1v) is 13.5. The number of aliphatic hydroxyl groups excluding tert-OH is 1. The summed E-state index contributed by atoms with van der Waals surface area (Å²) in [5.74, 6) is 0.930. The van der Waals surface area contributed by atoms with Crippen molar-refractivity contribution in [2.45, 2.75) is 6.54 Å². The van der Waals surface area contributed by atoms with Crippen molar-refractivity contribution in [2.75, 3.05) is 68.9 Å². The van der Waals surface area contributed by atoms with Crippen molar-refractivity contribution in [3.05, 3.63) is 53.3 Å². The van der Waals surface area contributed by atoms with Gasteiger partial charge >= 0.3 is 0 Å². The molecule has 12 heteroatoms. The van der Waals surface area contributed by atoms with E-state index in [1.165, 1.54) is 4.31 Å². The largest absolute Gasteiger partial charge is 0.395 e. The molecule has 2 aromatic heterocycles. The monoisotopic (exact) mass is 519 g/mol. The van der Waals surface area contributed by atoms with Crippen LogP contribution in [0.2, 0.25) is 5.15 Å². The number of aliphatic hydroxyl groups is 1. The number of fused-ring (bicyclic) bond motifs is 1. The van der Waals surface area contributed by atoms with Crippen LogP contribution in [0.4, 0.5) is 11.8 Å². The van der Waals surface area contributed by atoms with Gasteiger partial charge in [0.15, 0.2) is 0 Å². The number of likely N-dealkylation sites (N-methyl/N-ethyl adjacent to an activating group) is 1. The quantitative estimate of drug-likeness (QED) is 0.386. The van der Waals surface area contributed by atoms with E-state index in [4.69, 9.17) is 16.6 Å². The molecular formula is C23H30ClN7O3S. The van der Waals surface area contributed by atoms with E-state index in [2.05, 4.69) is 32.1 Å². The molecule has 1 fully saturated rings. The molecule has 0 spiro atoms. The molecule has 0 aliphatic carbocycles. The first-order chi connectivity index (χ1) is 16.9. The van der Waals surface area contributed by atoms with Gasteiger partial charge in [0.1, 0.15) is 11.0 Å². The highest BCUT2D eigenvalue weighted by molar-refractivity contribution is 7.89. The molecule has 1 saturated heterocycles. The fourth-order valence-corrected chi connectivity index (χ4v) is 5.40. The molecule has 1 aromatic carbocycles. The van der Waals surface area contributed by atoms with Crippen LogP contribution in [0.15, 0.2) is 42.6 Å². The van der Waals surface area contributed by atoms with Crippen LogP contribution in [0.25, 0.3) is 10.9 Å². The van der Waals surface area contributed by atoms with Gasteiger partial charge in [-0.25, -0.2) is 18.4 Å². The number of halogens is 1. The first-order valence-electron chi connectivity index (χ1n) is 11.5. The highest BCUT2D eigenvalue weighted by atomic mass is 35.5. The smallest absolute Gasteiger partial charge is 0.228 e. The maximum atomic E-state index is 13.1. The number of rotatable bonds is 10. The molecule has 188 valence electrons. The van der Waals surface area contributed by atoms with Gasteiger partial charge in [-0.05, 0) is 18.7 Å². The van der Waals surface area contributed by atoms with Crippen LogP contribution in [0.1, 0.15) is 5.56 Å². The minimum absolute atomic E-state index is 0.0303. The van der Waals surface area contributed by atoms with Gasteiger partial charge in [0.2, 0.25) is 16.0 Å². The standard InChI is InChI=1S/C23H30ClN7O3S/c1-29-8-10-30(11-9-29)23-27-20-16-26-21(24)15-19(20)22(28-23)25-7-14-35(33,34)31(12-13-32)17-18-5-3-2-4-6-18/h2-6,15-16,32H,7-14,17H2,1H3,(H,25,27,28). The van der Waals surface area contributed by atoms with Crippen LogP contribution in [0.5, 0.6) is 0 Å². The maximum absolute atomic E-state index is 13.1. The third-order valence-corrected chi connectivity index (χ3v) is 7.95. The molecule has 0 amide bonds. The highest BCUT2D eigenvalue weighted by Crippen LogP contribution is 2.25. The Labute approximate surface area is 210 Å². The van der Waals surface area contributed by atoms with Crippen LogP contribution >= 0.6 is 11.6 Å². The lowest BCUT2D eigenvalue weighted by Gasteiger charge is -2.32. The molecular weight excluding hydrogens is 490 g/mol. The topological polar surface area (TPSA) is 115 Å². The molecule has 3 heterocycles. The highest BCUT2D eigenvalue weighted by Gasteiger charge is 2.23. The SMILES string of the molecule is CN1CCN(c2nc(NCCS(=O)(=O)N(CCO)Cc3ccccc3)c3cc(Cl)ncc3n2)CC1. The van der Waals surface area contributed by atoms with Crippen molar-refractivity contribution in [3.8, 4) is 0 Å². The fourth-order valence-electron chi connectivity index (χ4n) is 3.92. The van der Waals surface area contributed by atoms with E-state index in [0.717, 1.165) is 31.7 Å². The third-order valence-electron chi connectivity index (χ3n) is 5.92. The molecule has 3 aromatic rings. The maximum Gasteiger partial charge on any atom is 0.228 e. The number of nitrogens with one attached hydrogen (secondary N) is 1. The van der Waals surface area contributed by atoms with Gasteiger partial charge in [-0.3, -0.25) is 0 Å². The number of nitrogens with zero attached hydrogens (tertiary/aromatic N) is 6. The molecule has 0 unspecified atom stereocenters. The lowest BCUT2D eigenvalue weighted by atomic mass is 10.2. The number of pyridine rings is 1.